The molecular weight excluding hydrogens is 346 g/mol. The van der Waals surface area contributed by atoms with Crippen molar-refractivity contribution < 1.29 is 14.7 Å². The van der Waals surface area contributed by atoms with Crippen LogP contribution in [0.3, 0.4) is 0 Å². The second kappa shape index (κ2) is 6.59. The number of aliphatic carboxylic acids is 1. The van der Waals surface area contributed by atoms with Crippen molar-refractivity contribution in [2.45, 2.75) is 31.7 Å². The number of benzene rings is 1. The zero-order valence-corrected chi connectivity index (χ0v) is 13.1. The fraction of sp³-hybridized carbons (Fsp3) is 0.429. The van der Waals surface area contributed by atoms with Crippen LogP contribution < -0.4 is 5.32 Å². The summed E-state index contributed by atoms with van der Waals surface area (Å²) in [5, 5.41) is 12.5. The lowest BCUT2D eigenvalue weighted by Crippen LogP contribution is -2.45. The molecule has 1 aliphatic carbocycles. The molecule has 1 aromatic rings. The maximum absolute atomic E-state index is 12.2. The van der Waals surface area contributed by atoms with Crippen molar-refractivity contribution >= 4 is 39.4 Å². The third-order valence-electron chi connectivity index (χ3n) is 3.58. The minimum absolute atomic E-state index is 0.280. The highest BCUT2D eigenvalue weighted by Gasteiger charge is 2.31. The average Bonchev–Trinajstić information content (AvgIpc) is 2.42. The number of rotatable bonds is 3. The van der Waals surface area contributed by atoms with Gasteiger partial charge in [-0.2, -0.15) is 0 Å². The zero-order valence-electron chi connectivity index (χ0n) is 10.7. The fourth-order valence-electron chi connectivity index (χ4n) is 2.49. The van der Waals surface area contributed by atoms with Crippen LogP contribution in [-0.2, 0) is 4.79 Å². The molecule has 2 atom stereocenters. The smallest absolute Gasteiger partial charge is 0.308 e. The number of hydrogen-bond donors (Lipinski definition) is 2. The first kappa shape index (κ1) is 15.3. The van der Waals surface area contributed by atoms with E-state index in [1.54, 1.807) is 18.2 Å². The Bertz CT molecular complexity index is 535. The van der Waals surface area contributed by atoms with Crippen LogP contribution in [-0.4, -0.2) is 23.0 Å². The Morgan fingerprint density at radius 2 is 2.00 bits per heavy atom. The predicted octanol–water partition coefficient (Wildman–Crippen LogP) is 3.48. The number of hydrogen-bond acceptors (Lipinski definition) is 2. The summed E-state index contributed by atoms with van der Waals surface area (Å²) in [5.41, 5.74) is 0.438. The molecule has 2 rings (SSSR count). The Hall–Kier alpha value is -1.07. The predicted molar refractivity (Wildman–Crippen MR) is 80.0 cm³/mol. The fourth-order valence-corrected chi connectivity index (χ4v) is 2.92. The van der Waals surface area contributed by atoms with Gasteiger partial charge < -0.3 is 10.4 Å². The van der Waals surface area contributed by atoms with Crippen molar-refractivity contribution in [1.29, 1.82) is 0 Å². The van der Waals surface area contributed by atoms with E-state index in [4.69, 9.17) is 11.6 Å². The normalized spacial score (nSPS) is 22.3. The molecule has 2 N–H and O–H groups in total. The van der Waals surface area contributed by atoms with E-state index >= 15 is 0 Å². The Labute approximate surface area is 130 Å². The van der Waals surface area contributed by atoms with Gasteiger partial charge in [0.25, 0.3) is 5.91 Å². The average molecular weight is 361 g/mol. The number of halogens is 2. The molecule has 1 amide bonds. The molecular formula is C14H15BrClNO3. The summed E-state index contributed by atoms with van der Waals surface area (Å²) in [6.07, 6.45) is 3.15. The van der Waals surface area contributed by atoms with Crippen LogP contribution in [0, 0.1) is 5.92 Å². The standard InChI is InChI=1S/C14H15BrClNO3/c15-10-6-5-8(7-11(10)16)13(18)17-12-4-2-1-3-9(12)14(19)20/h5-7,9,12H,1-4H2,(H,17,18)(H,19,20). The first-order valence-electron chi connectivity index (χ1n) is 6.48. The zero-order chi connectivity index (χ0) is 14.7. The van der Waals surface area contributed by atoms with E-state index in [1.807, 2.05) is 0 Å². The van der Waals surface area contributed by atoms with Crippen molar-refractivity contribution in [3.63, 3.8) is 0 Å². The van der Waals surface area contributed by atoms with Gasteiger partial charge >= 0.3 is 5.97 Å². The third kappa shape index (κ3) is 3.52. The van der Waals surface area contributed by atoms with Crippen molar-refractivity contribution in [3.8, 4) is 0 Å². The number of carbonyl (C=O) groups excluding carboxylic acids is 1. The summed E-state index contributed by atoms with van der Waals surface area (Å²) in [6.45, 7) is 0. The second-order valence-electron chi connectivity index (χ2n) is 4.94. The largest absolute Gasteiger partial charge is 0.481 e. The number of amides is 1. The van der Waals surface area contributed by atoms with Crippen LogP contribution in [0.1, 0.15) is 36.0 Å². The molecule has 0 heterocycles. The molecule has 0 bridgehead atoms. The monoisotopic (exact) mass is 359 g/mol. The van der Waals surface area contributed by atoms with E-state index in [1.165, 1.54) is 0 Å². The summed E-state index contributed by atoms with van der Waals surface area (Å²) < 4.78 is 0.719. The summed E-state index contributed by atoms with van der Waals surface area (Å²) in [6, 6.07) is 4.62. The van der Waals surface area contributed by atoms with Gasteiger partial charge in [-0.15, -0.1) is 0 Å². The molecule has 0 aromatic heterocycles. The molecule has 1 aliphatic rings. The van der Waals surface area contributed by atoms with Crippen LogP contribution in [0.2, 0.25) is 5.02 Å². The van der Waals surface area contributed by atoms with Gasteiger partial charge in [-0.1, -0.05) is 24.4 Å². The Morgan fingerprint density at radius 1 is 1.30 bits per heavy atom. The van der Waals surface area contributed by atoms with Gasteiger partial charge in [0.05, 0.1) is 10.9 Å². The van der Waals surface area contributed by atoms with Crippen molar-refractivity contribution in [2.75, 3.05) is 0 Å². The molecule has 0 radical (unpaired) electrons. The van der Waals surface area contributed by atoms with Crippen LogP contribution >= 0.6 is 27.5 Å². The highest BCUT2D eigenvalue weighted by Crippen LogP contribution is 2.26. The third-order valence-corrected chi connectivity index (χ3v) is 4.81. The van der Waals surface area contributed by atoms with Gasteiger partial charge in [0.2, 0.25) is 0 Å². The van der Waals surface area contributed by atoms with Gasteiger partial charge in [-0.3, -0.25) is 9.59 Å². The number of carboxylic acid groups (broad SMARTS) is 1. The lowest BCUT2D eigenvalue weighted by atomic mass is 9.84. The van der Waals surface area contributed by atoms with E-state index in [0.29, 0.717) is 23.4 Å². The van der Waals surface area contributed by atoms with Crippen LogP contribution in [0.4, 0.5) is 0 Å². The SMILES string of the molecule is O=C(NC1CCCCC1C(=O)O)c1ccc(Br)c(Cl)c1. The van der Waals surface area contributed by atoms with Gasteiger partial charge in [0.15, 0.2) is 0 Å². The molecule has 0 spiro atoms. The Kier molecular flexibility index (Phi) is 5.05. The highest BCUT2D eigenvalue weighted by molar-refractivity contribution is 9.10. The van der Waals surface area contributed by atoms with E-state index in [0.717, 1.165) is 17.3 Å². The van der Waals surface area contributed by atoms with Gasteiger partial charge in [-0.25, -0.2) is 0 Å². The lowest BCUT2D eigenvalue weighted by molar-refractivity contribution is -0.143. The first-order chi connectivity index (χ1) is 9.49. The number of nitrogens with one attached hydrogen (secondary N) is 1. The minimum Gasteiger partial charge on any atom is -0.481 e. The quantitative estimate of drug-likeness (QED) is 0.867. The summed E-state index contributed by atoms with van der Waals surface area (Å²) in [7, 11) is 0. The molecule has 2 unspecified atom stereocenters. The highest BCUT2D eigenvalue weighted by atomic mass is 79.9. The topological polar surface area (TPSA) is 66.4 Å². The van der Waals surface area contributed by atoms with Crippen LogP contribution in [0.25, 0.3) is 0 Å². The molecule has 4 nitrogen and oxygen atoms in total. The van der Waals surface area contributed by atoms with Gasteiger partial charge in [0, 0.05) is 16.1 Å². The molecule has 20 heavy (non-hydrogen) atoms. The molecule has 1 saturated carbocycles. The van der Waals surface area contributed by atoms with E-state index in [9.17, 15) is 14.7 Å². The molecule has 1 aromatic carbocycles. The summed E-state index contributed by atoms with van der Waals surface area (Å²) in [4.78, 5) is 23.4. The Balaban J connectivity index is 2.09. The summed E-state index contributed by atoms with van der Waals surface area (Å²) in [5.74, 6) is -1.62. The van der Waals surface area contributed by atoms with E-state index in [2.05, 4.69) is 21.2 Å². The van der Waals surface area contributed by atoms with E-state index < -0.39 is 11.9 Å². The molecule has 108 valence electrons. The van der Waals surface area contributed by atoms with Gasteiger partial charge in [-0.05, 0) is 47.0 Å². The first-order valence-corrected chi connectivity index (χ1v) is 7.65. The van der Waals surface area contributed by atoms with Crippen LogP contribution in [0.5, 0.6) is 0 Å². The Morgan fingerprint density at radius 3 is 2.65 bits per heavy atom. The van der Waals surface area contributed by atoms with Crippen molar-refractivity contribution in [1.82, 2.24) is 5.32 Å². The van der Waals surface area contributed by atoms with E-state index in [-0.39, 0.29) is 11.9 Å². The molecule has 0 saturated heterocycles. The van der Waals surface area contributed by atoms with Gasteiger partial charge in [0.1, 0.15) is 0 Å². The van der Waals surface area contributed by atoms with Crippen molar-refractivity contribution in [2.24, 2.45) is 5.92 Å². The molecule has 0 aliphatic heterocycles. The second-order valence-corrected chi connectivity index (χ2v) is 6.20. The maximum atomic E-state index is 12.2. The minimum atomic E-state index is -0.844. The lowest BCUT2D eigenvalue weighted by Gasteiger charge is -2.29. The number of carboxylic acids is 1. The number of carbonyl (C=O) groups is 2. The molecule has 1 fully saturated rings. The summed E-state index contributed by atoms with van der Waals surface area (Å²) >= 11 is 9.22. The maximum Gasteiger partial charge on any atom is 0.308 e. The molecule has 6 heteroatoms. The van der Waals surface area contributed by atoms with Crippen LogP contribution in [0.15, 0.2) is 22.7 Å². The van der Waals surface area contributed by atoms with Crippen molar-refractivity contribution in [3.05, 3.63) is 33.3 Å².